The molecule has 0 bridgehead atoms. The molecule has 0 spiro atoms. The van der Waals surface area contributed by atoms with Crippen molar-refractivity contribution < 1.29 is 0 Å². The molecule has 0 amide bonds. The Morgan fingerprint density at radius 1 is 0.667 bits per heavy atom. The fourth-order valence-electron chi connectivity index (χ4n) is 1.64. The first kappa shape index (κ1) is 20.1. The summed E-state index contributed by atoms with van der Waals surface area (Å²) >= 11 is 27.1. The first-order valence-corrected chi connectivity index (χ1v) is 9.62. The third-order valence-corrected chi connectivity index (χ3v) is 7.75. The van der Waals surface area contributed by atoms with Crippen LogP contribution in [0.1, 0.15) is 26.7 Å². The van der Waals surface area contributed by atoms with Crippen molar-refractivity contribution in [3.05, 3.63) is 0 Å². The zero-order chi connectivity index (χ0) is 14.4. The third-order valence-electron chi connectivity index (χ3n) is 3.37. The summed E-state index contributed by atoms with van der Waals surface area (Å²) in [6.07, 6.45) is 1.96. The molecule has 0 nitrogen and oxygen atoms in total. The van der Waals surface area contributed by atoms with Crippen molar-refractivity contribution in [1.29, 1.82) is 0 Å². The third kappa shape index (κ3) is 6.70. The minimum absolute atomic E-state index is 0.123. The van der Waals surface area contributed by atoms with Gasteiger partial charge in [0.05, 0.1) is 0 Å². The maximum absolute atomic E-state index is 4.72. The van der Waals surface area contributed by atoms with Crippen molar-refractivity contribution in [2.45, 2.75) is 37.2 Å². The first-order valence-electron chi connectivity index (χ1n) is 6.05. The van der Waals surface area contributed by atoms with Crippen LogP contribution < -0.4 is 0 Å². The van der Waals surface area contributed by atoms with Crippen LogP contribution in [-0.2, 0) is 0 Å². The first-order chi connectivity index (χ1) is 8.25. The summed E-state index contributed by atoms with van der Waals surface area (Å²) in [6.45, 7) is 4.40. The highest BCUT2D eigenvalue weighted by Crippen LogP contribution is 2.36. The summed E-state index contributed by atoms with van der Waals surface area (Å²) in [4.78, 5) is 0. The van der Waals surface area contributed by atoms with Crippen LogP contribution in [0.3, 0.4) is 0 Å². The molecule has 110 valence electrons. The molecule has 0 fully saturated rings. The smallest absolute Gasteiger partial charge is 0.0139 e. The Bertz CT molecular complexity index is 201. The van der Waals surface area contributed by atoms with Crippen LogP contribution in [0.2, 0.25) is 0 Å². The van der Waals surface area contributed by atoms with E-state index in [1.165, 1.54) is 0 Å². The predicted molar refractivity (Wildman–Crippen MR) is 106 cm³/mol. The quantitative estimate of drug-likeness (QED) is 0.327. The van der Waals surface area contributed by atoms with Gasteiger partial charge in [0.25, 0.3) is 0 Å². The Balaban J connectivity index is 4.47. The molecule has 0 saturated heterocycles. The van der Waals surface area contributed by atoms with Crippen LogP contribution in [0.4, 0.5) is 0 Å². The van der Waals surface area contributed by atoms with Gasteiger partial charge in [-0.3, -0.25) is 0 Å². The molecule has 2 atom stereocenters. The topological polar surface area (TPSA) is 0 Å². The maximum Gasteiger partial charge on any atom is 0.0139 e. The van der Waals surface area contributed by atoms with Crippen LogP contribution in [0.25, 0.3) is 0 Å². The molecule has 2 unspecified atom stereocenters. The van der Waals surface area contributed by atoms with E-state index in [0.717, 1.165) is 35.9 Å². The molecular weight excluding hydrogens is 337 g/mol. The van der Waals surface area contributed by atoms with Crippen molar-refractivity contribution >= 4 is 75.8 Å². The van der Waals surface area contributed by atoms with Crippen LogP contribution >= 0.6 is 75.8 Å². The molecule has 0 aliphatic heterocycles. The number of rotatable bonds is 9. The second-order valence-corrected chi connectivity index (χ2v) is 8.39. The summed E-state index contributed by atoms with van der Waals surface area (Å²) in [6, 6.07) is 0. The average Bonchev–Trinajstić information content (AvgIpc) is 2.38. The van der Waals surface area contributed by atoms with Gasteiger partial charge < -0.3 is 0 Å². The van der Waals surface area contributed by atoms with Gasteiger partial charge in [-0.25, -0.2) is 0 Å². The Kier molecular flexibility index (Phi) is 10.3. The molecule has 0 aromatic carbocycles. The van der Waals surface area contributed by atoms with Gasteiger partial charge in [-0.05, 0) is 46.7 Å². The van der Waals surface area contributed by atoms with Crippen molar-refractivity contribution in [3.8, 4) is 0 Å². The zero-order valence-electron chi connectivity index (χ0n) is 11.1. The molecule has 6 heteroatoms. The van der Waals surface area contributed by atoms with Crippen LogP contribution in [0.15, 0.2) is 0 Å². The van der Waals surface area contributed by atoms with Crippen LogP contribution in [0, 0.1) is 10.8 Å². The minimum atomic E-state index is 0.123. The van der Waals surface area contributed by atoms with Crippen molar-refractivity contribution in [2.75, 3.05) is 23.0 Å². The second-order valence-electron chi connectivity index (χ2n) is 5.80. The number of hydrogen-bond donors (Lipinski definition) is 6. The Morgan fingerprint density at radius 2 is 0.889 bits per heavy atom. The van der Waals surface area contributed by atoms with Gasteiger partial charge in [0, 0.05) is 10.5 Å². The number of hydrogen-bond acceptors (Lipinski definition) is 6. The predicted octanol–water partition coefficient (Wildman–Crippen LogP) is 4.10. The molecule has 18 heavy (non-hydrogen) atoms. The van der Waals surface area contributed by atoms with E-state index in [-0.39, 0.29) is 21.3 Å². The fraction of sp³-hybridized carbons (Fsp3) is 1.00. The molecule has 0 aliphatic carbocycles. The lowest BCUT2D eigenvalue weighted by Gasteiger charge is -2.34. The lowest BCUT2D eigenvalue weighted by Crippen LogP contribution is -2.33. The molecular formula is C12H26S6. The standard InChI is InChI=1S/C12H26S6/c1-11(5-13,6-14)3-9(17)10(18)4-12(2,7-15)8-16/h9-10,13-18H,3-8H2,1-2H3. The van der Waals surface area contributed by atoms with Crippen LogP contribution in [-0.4, -0.2) is 33.5 Å². The van der Waals surface area contributed by atoms with E-state index in [1.807, 2.05) is 0 Å². The van der Waals surface area contributed by atoms with E-state index >= 15 is 0 Å². The van der Waals surface area contributed by atoms with Gasteiger partial charge in [0.2, 0.25) is 0 Å². The Labute approximate surface area is 146 Å². The van der Waals surface area contributed by atoms with Gasteiger partial charge in [0.15, 0.2) is 0 Å². The molecule has 0 N–H and O–H groups in total. The monoisotopic (exact) mass is 362 g/mol. The molecule has 0 aromatic rings. The van der Waals surface area contributed by atoms with Crippen molar-refractivity contribution in [2.24, 2.45) is 10.8 Å². The van der Waals surface area contributed by atoms with E-state index in [4.69, 9.17) is 25.3 Å². The van der Waals surface area contributed by atoms with E-state index in [2.05, 4.69) is 64.4 Å². The largest absolute Gasteiger partial charge is 0.179 e. The van der Waals surface area contributed by atoms with Gasteiger partial charge in [0.1, 0.15) is 0 Å². The highest BCUT2D eigenvalue weighted by atomic mass is 32.1. The van der Waals surface area contributed by atoms with Gasteiger partial charge in [-0.2, -0.15) is 75.8 Å². The summed E-state index contributed by atoms with van der Waals surface area (Å²) in [5.41, 5.74) is 0.246. The van der Waals surface area contributed by atoms with Crippen LogP contribution in [0.5, 0.6) is 0 Å². The molecule has 0 rings (SSSR count). The fourth-order valence-corrected chi connectivity index (χ4v) is 4.05. The molecule has 0 saturated carbocycles. The highest BCUT2D eigenvalue weighted by molar-refractivity contribution is 7.85. The molecule has 0 aromatic heterocycles. The average molecular weight is 363 g/mol. The van der Waals surface area contributed by atoms with E-state index < -0.39 is 0 Å². The Morgan fingerprint density at radius 3 is 1.06 bits per heavy atom. The summed E-state index contributed by atoms with van der Waals surface area (Å²) in [5, 5.41) is 0.494. The number of thiol groups is 6. The lowest BCUT2D eigenvalue weighted by molar-refractivity contribution is 0.349. The molecule has 0 radical (unpaired) electrons. The van der Waals surface area contributed by atoms with Gasteiger partial charge >= 0.3 is 0 Å². The minimum Gasteiger partial charge on any atom is -0.179 e. The Hall–Kier alpha value is 2.10. The summed E-state index contributed by atoms with van der Waals surface area (Å²) in [5.74, 6) is 3.30. The molecule has 0 aliphatic rings. The van der Waals surface area contributed by atoms with Gasteiger partial charge in [-0.1, -0.05) is 13.8 Å². The zero-order valence-corrected chi connectivity index (χ0v) is 16.4. The normalized spacial score (nSPS) is 16.7. The van der Waals surface area contributed by atoms with Gasteiger partial charge in [-0.15, -0.1) is 0 Å². The lowest BCUT2D eigenvalue weighted by atomic mass is 9.84. The highest BCUT2D eigenvalue weighted by Gasteiger charge is 2.31. The van der Waals surface area contributed by atoms with Crippen molar-refractivity contribution in [1.82, 2.24) is 0 Å². The van der Waals surface area contributed by atoms with Crippen molar-refractivity contribution in [3.63, 3.8) is 0 Å². The maximum atomic E-state index is 4.72. The molecule has 0 heterocycles. The SMILES string of the molecule is CC(CS)(CS)CC(S)C(S)CC(C)(CS)CS. The summed E-state index contributed by atoms with van der Waals surface area (Å²) in [7, 11) is 0. The van der Waals surface area contributed by atoms with E-state index in [1.54, 1.807) is 0 Å². The summed E-state index contributed by atoms with van der Waals surface area (Å²) < 4.78 is 0. The second kappa shape index (κ2) is 9.19. The van der Waals surface area contributed by atoms with E-state index in [9.17, 15) is 0 Å². The van der Waals surface area contributed by atoms with E-state index in [0.29, 0.717) is 0 Å².